The Labute approximate surface area is 103 Å². The van der Waals surface area contributed by atoms with E-state index < -0.39 is 8.07 Å². The lowest BCUT2D eigenvalue weighted by molar-refractivity contribution is -0.109. The van der Waals surface area contributed by atoms with E-state index in [1.807, 2.05) is 0 Å². The van der Waals surface area contributed by atoms with Gasteiger partial charge >= 0.3 is 0 Å². The summed E-state index contributed by atoms with van der Waals surface area (Å²) in [5.74, 6) is 8.10. The Morgan fingerprint density at radius 1 is 1.35 bits per heavy atom. The molecule has 0 saturated heterocycles. The van der Waals surface area contributed by atoms with Crippen molar-refractivity contribution in [3.05, 3.63) is 30.2 Å². The van der Waals surface area contributed by atoms with Crippen molar-refractivity contribution in [1.29, 1.82) is 0 Å². The Morgan fingerprint density at radius 3 is 2.71 bits per heavy atom. The number of rotatable bonds is 2. The minimum atomic E-state index is -1.40. The number of ketones is 1. The zero-order chi connectivity index (χ0) is 12.7. The van der Waals surface area contributed by atoms with Crippen molar-refractivity contribution in [2.75, 3.05) is 0 Å². The summed E-state index contributed by atoms with van der Waals surface area (Å²) in [5, 5.41) is 0. The Bertz CT molecular complexity index is 523. The second kappa shape index (κ2) is 5.93. The normalized spacial score (nSPS) is 10.3. The summed E-state index contributed by atoms with van der Waals surface area (Å²) in [4.78, 5) is 11.3. The number of allylic oxidation sites excluding steroid dienone is 1. The first-order valence-electron chi connectivity index (χ1n) is 5.26. The molecular formula is C14H14O2Si. The first-order chi connectivity index (χ1) is 7.97. The highest BCUT2D eigenvalue weighted by Crippen LogP contribution is 2.01. The summed E-state index contributed by atoms with van der Waals surface area (Å²) in [7, 11) is -1.40. The fourth-order valence-electron chi connectivity index (χ4n) is 0.897. The standard InChI is InChI=1S/C14H14O2Si/c1-17(2,3)12-5-4-7-13(15)9-10-14-8-6-11-16-14/h6,8-11H,1-3H3/b10-9+. The minimum Gasteiger partial charge on any atom is -0.465 e. The Morgan fingerprint density at radius 2 is 2.12 bits per heavy atom. The van der Waals surface area contributed by atoms with Gasteiger partial charge in [-0.05, 0) is 42.0 Å². The molecule has 1 heterocycles. The summed E-state index contributed by atoms with van der Waals surface area (Å²) in [6, 6.07) is 3.53. The molecule has 0 fully saturated rings. The second-order valence-electron chi connectivity index (χ2n) is 4.46. The van der Waals surface area contributed by atoms with Crippen LogP contribution in [0.4, 0.5) is 0 Å². The Hall–Kier alpha value is -1.97. The van der Waals surface area contributed by atoms with Gasteiger partial charge in [0, 0.05) is 0 Å². The Balaban J connectivity index is 2.56. The van der Waals surface area contributed by atoms with Crippen LogP contribution in [0.2, 0.25) is 19.6 Å². The summed E-state index contributed by atoms with van der Waals surface area (Å²) in [6.45, 7) is 6.38. The molecule has 86 valence electrons. The molecule has 0 aromatic carbocycles. The third-order valence-electron chi connectivity index (χ3n) is 1.63. The van der Waals surface area contributed by atoms with Gasteiger partial charge in [-0.15, -0.1) is 5.54 Å². The molecule has 0 amide bonds. The molecule has 2 nitrogen and oxygen atoms in total. The average molecular weight is 242 g/mol. The maximum Gasteiger partial charge on any atom is 0.229 e. The van der Waals surface area contributed by atoms with E-state index in [9.17, 15) is 4.79 Å². The van der Waals surface area contributed by atoms with Crippen LogP contribution >= 0.6 is 0 Å². The van der Waals surface area contributed by atoms with Crippen LogP contribution in [0.3, 0.4) is 0 Å². The number of hydrogen-bond donors (Lipinski definition) is 0. The number of carbonyl (C=O) groups is 1. The summed E-state index contributed by atoms with van der Waals surface area (Å²) < 4.78 is 5.04. The largest absolute Gasteiger partial charge is 0.465 e. The predicted octanol–water partition coefficient (Wildman–Crippen LogP) is 2.75. The monoisotopic (exact) mass is 242 g/mol. The van der Waals surface area contributed by atoms with E-state index in [1.54, 1.807) is 24.5 Å². The molecule has 0 bridgehead atoms. The van der Waals surface area contributed by atoms with Crippen LogP contribution in [0.1, 0.15) is 5.76 Å². The quantitative estimate of drug-likeness (QED) is 0.345. The highest BCUT2D eigenvalue weighted by molar-refractivity contribution is 6.83. The van der Waals surface area contributed by atoms with Crippen molar-refractivity contribution in [3.8, 4) is 23.3 Å². The number of hydrogen-bond acceptors (Lipinski definition) is 2. The van der Waals surface area contributed by atoms with Crippen LogP contribution in [0, 0.1) is 23.3 Å². The third kappa shape index (κ3) is 6.24. The van der Waals surface area contributed by atoms with Gasteiger partial charge in [-0.1, -0.05) is 19.6 Å². The molecule has 0 saturated carbocycles. The molecule has 0 aliphatic rings. The van der Waals surface area contributed by atoms with Gasteiger partial charge in [-0.3, -0.25) is 4.79 Å². The summed E-state index contributed by atoms with van der Waals surface area (Å²) in [5.41, 5.74) is 3.07. The molecule has 17 heavy (non-hydrogen) atoms. The lowest BCUT2D eigenvalue weighted by atomic mass is 10.3. The topological polar surface area (TPSA) is 30.2 Å². The first kappa shape index (κ1) is 13.1. The van der Waals surface area contributed by atoms with Crippen LogP contribution < -0.4 is 0 Å². The van der Waals surface area contributed by atoms with E-state index in [0.717, 1.165) is 0 Å². The molecule has 1 aromatic heterocycles. The van der Waals surface area contributed by atoms with E-state index in [4.69, 9.17) is 4.42 Å². The minimum absolute atomic E-state index is 0.272. The summed E-state index contributed by atoms with van der Waals surface area (Å²) >= 11 is 0. The summed E-state index contributed by atoms with van der Waals surface area (Å²) in [6.07, 6.45) is 4.51. The third-order valence-corrected chi connectivity index (χ3v) is 2.50. The van der Waals surface area contributed by atoms with Crippen LogP contribution in [-0.2, 0) is 4.79 Å². The van der Waals surface area contributed by atoms with Crippen LogP contribution in [0.5, 0.6) is 0 Å². The molecule has 0 N–H and O–H groups in total. The maximum absolute atomic E-state index is 11.3. The Kier molecular flexibility index (Phi) is 4.57. The fraction of sp³-hybridized carbons (Fsp3) is 0.214. The average Bonchev–Trinajstić information content (AvgIpc) is 2.73. The van der Waals surface area contributed by atoms with Crippen LogP contribution in [0.25, 0.3) is 6.08 Å². The van der Waals surface area contributed by atoms with Crippen molar-refractivity contribution < 1.29 is 9.21 Å². The first-order valence-corrected chi connectivity index (χ1v) is 8.76. The van der Waals surface area contributed by atoms with E-state index in [1.165, 1.54) is 6.08 Å². The van der Waals surface area contributed by atoms with Gasteiger partial charge in [0.1, 0.15) is 13.8 Å². The molecule has 1 aromatic rings. The van der Waals surface area contributed by atoms with Gasteiger partial charge in [0.05, 0.1) is 6.26 Å². The van der Waals surface area contributed by atoms with E-state index >= 15 is 0 Å². The smallest absolute Gasteiger partial charge is 0.229 e. The highest BCUT2D eigenvalue weighted by Gasteiger charge is 2.06. The lowest BCUT2D eigenvalue weighted by Crippen LogP contribution is -2.16. The van der Waals surface area contributed by atoms with Gasteiger partial charge < -0.3 is 4.42 Å². The fourth-order valence-corrected chi connectivity index (χ4v) is 1.33. The second-order valence-corrected chi connectivity index (χ2v) is 9.21. The SMILES string of the molecule is C[Si](C)(C)C#CC#CC(=O)/C=C/c1ccco1. The van der Waals surface area contributed by atoms with Crippen molar-refractivity contribution in [2.45, 2.75) is 19.6 Å². The van der Waals surface area contributed by atoms with Crippen molar-refractivity contribution in [2.24, 2.45) is 0 Å². The van der Waals surface area contributed by atoms with Gasteiger partial charge in [0.25, 0.3) is 0 Å². The lowest BCUT2D eigenvalue weighted by Gasteiger charge is -2.01. The highest BCUT2D eigenvalue weighted by atomic mass is 28.3. The molecule has 3 heteroatoms. The van der Waals surface area contributed by atoms with Crippen LogP contribution in [0.15, 0.2) is 28.9 Å². The van der Waals surface area contributed by atoms with Crippen molar-refractivity contribution in [1.82, 2.24) is 0 Å². The number of carbonyl (C=O) groups excluding carboxylic acids is 1. The van der Waals surface area contributed by atoms with Gasteiger partial charge in [0.2, 0.25) is 5.78 Å². The predicted molar refractivity (Wildman–Crippen MR) is 71.6 cm³/mol. The van der Waals surface area contributed by atoms with Crippen molar-refractivity contribution in [3.63, 3.8) is 0 Å². The van der Waals surface area contributed by atoms with Gasteiger partial charge in [0.15, 0.2) is 0 Å². The number of furan rings is 1. The molecule has 0 atom stereocenters. The van der Waals surface area contributed by atoms with Gasteiger partial charge in [-0.25, -0.2) is 0 Å². The maximum atomic E-state index is 11.3. The zero-order valence-corrected chi connectivity index (χ0v) is 11.2. The molecule has 0 aliphatic heterocycles. The van der Waals surface area contributed by atoms with E-state index in [-0.39, 0.29) is 5.78 Å². The molecule has 0 aliphatic carbocycles. The van der Waals surface area contributed by atoms with Gasteiger partial charge in [-0.2, -0.15) is 0 Å². The molecule has 0 unspecified atom stereocenters. The van der Waals surface area contributed by atoms with E-state index in [2.05, 4.69) is 42.9 Å². The van der Waals surface area contributed by atoms with Crippen LogP contribution in [-0.4, -0.2) is 13.9 Å². The zero-order valence-electron chi connectivity index (χ0n) is 10.2. The van der Waals surface area contributed by atoms with Crippen molar-refractivity contribution >= 4 is 19.9 Å². The van der Waals surface area contributed by atoms with E-state index in [0.29, 0.717) is 5.76 Å². The molecule has 0 spiro atoms. The molecular weight excluding hydrogens is 228 g/mol. The molecule has 1 rings (SSSR count). The molecule has 0 radical (unpaired) electrons.